The standard InChI is InChI=1S/C20H25N5O4/c1-11(2)25-13(4)19(12(3)23-25)22-18(26)9-24-10-21-15-8-17(29-6)16(28-5)7-14(15)20(24)27/h7-8,10-11H,9H2,1-6H3,(H,22,26). The van der Waals surface area contributed by atoms with E-state index >= 15 is 0 Å². The molecule has 29 heavy (non-hydrogen) atoms. The molecule has 0 bridgehead atoms. The van der Waals surface area contributed by atoms with E-state index in [4.69, 9.17) is 9.47 Å². The molecule has 9 heteroatoms. The zero-order valence-electron chi connectivity index (χ0n) is 17.4. The summed E-state index contributed by atoms with van der Waals surface area (Å²) in [6, 6.07) is 3.38. The molecule has 0 radical (unpaired) electrons. The number of methoxy groups -OCH3 is 2. The Bertz CT molecular complexity index is 1130. The highest BCUT2D eigenvalue weighted by Crippen LogP contribution is 2.29. The van der Waals surface area contributed by atoms with Crippen LogP contribution in [0, 0.1) is 13.8 Å². The van der Waals surface area contributed by atoms with Crippen molar-refractivity contribution in [1.82, 2.24) is 19.3 Å². The first kappa shape index (κ1) is 20.4. The van der Waals surface area contributed by atoms with Gasteiger partial charge in [0, 0.05) is 12.1 Å². The summed E-state index contributed by atoms with van der Waals surface area (Å²) >= 11 is 0. The third-order valence-electron chi connectivity index (χ3n) is 4.72. The Morgan fingerprint density at radius 3 is 2.41 bits per heavy atom. The zero-order valence-corrected chi connectivity index (χ0v) is 17.4. The molecular weight excluding hydrogens is 374 g/mol. The van der Waals surface area contributed by atoms with Crippen molar-refractivity contribution in [3.63, 3.8) is 0 Å². The molecule has 0 saturated carbocycles. The van der Waals surface area contributed by atoms with Gasteiger partial charge in [0.05, 0.1) is 48.5 Å². The van der Waals surface area contributed by atoms with Gasteiger partial charge in [0.2, 0.25) is 5.91 Å². The molecule has 3 aromatic rings. The van der Waals surface area contributed by atoms with E-state index < -0.39 is 0 Å². The normalized spacial score (nSPS) is 11.1. The molecule has 0 aliphatic rings. The molecular formula is C20H25N5O4. The molecule has 1 aromatic carbocycles. The van der Waals surface area contributed by atoms with Crippen LogP contribution in [0.15, 0.2) is 23.3 Å². The lowest BCUT2D eigenvalue weighted by Crippen LogP contribution is -2.28. The van der Waals surface area contributed by atoms with E-state index in [1.54, 1.807) is 12.1 Å². The first-order valence-electron chi connectivity index (χ1n) is 9.23. The van der Waals surface area contributed by atoms with E-state index in [1.165, 1.54) is 25.1 Å². The van der Waals surface area contributed by atoms with Crippen molar-refractivity contribution >= 4 is 22.5 Å². The Labute approximate surface area is 168 Å². The number of fused-ring (bicyclic) bond motifs is 1. The van der Waals surface area contributed by atoms with Crippen LogP contribution in [0.3, 0.4) is 0 Å². The molecule has 1 amide bonds. The van der Waals surface area contributed by atoms with Gasteiger partial charge in [-0.2, -0.15) is 5.10 Å². The molecule has 0 aliphatic carbocycles. The summed E-state index contributed by atoms with van der Waals surface area (Å²) in [5, 5.41) is 7.67. The number of benzene rings is 1. The fourth-order valence-electron chi connectivity index (χ4n) is 3.28. The van der Waals surface area contributed by atoms with Gasteiger partial charge in [-0.25, -0.2) is 4.98 Å². The molecule has 0 saturated heterocycles. The van der Waals surface area contributed by atoms with Crippen LogP contribution in [0.5, 0.6) is 11.5 Å². The lowest BCUT2D eigenvalue weighted by atomic mass is 10.2. The zero-order chi connectivity index (χ0) is 21.3. The predicted molar refractivity (Wildman–Crippen MR) is 110 cm³/mol. The lowest BCUT2D eigenvalue weighted by molar-refractivity contribution is -0.116. The molecule has 2 heterocycles. The summed E-state index contributed by atoms with van der Waals surface area (Å²) in [6.45, 7) is 7.62. The van der Waals surface area contributed by atoms with Gasteiger partial charge < -0.3 is 14.8 Å². The van der Waals surface area contributed by atoms with Crippen molar-refractivity contribution in [3.8, 4) is 11.5 Å². The highest BCUT2D eigenvalue weighted by atomic mass is 16.5. The maximum absolute atomic E-state index is 12.8. The highest BCUT2D eigenvalue weighted by molar-refractivity contribution is 5.92. The minimum Gasteiger partial charge on any atom is -0.493 e. The highest BCUT2D eigenvalue weighted by Gasteiger charge is 2.17. The van der Waals surface area contributed by atoms with E-state index in [-0.39, 0.29) is 24.1 Å². The van der Waals surface area contributed by atoms with Crippen molar-refractivity contribution in [2.24, 2.45) is 0 Å². The second-order valence-corrected chi connectivity index (χ2v) is 7.03. The largest absolute Gasteiger partial charge is 0.493 e. The Kier molecular flexibility index (Phi) is 5.58. The van der Waals surface area contributed by atoms with Crippen LogP contribution in [-0.4, -0.2) is 39.5 Å². The number of carbonyl (C=O) groups excluding carboxylic acids is 1. The first-order valence-corrected chi connectivity index (χ1v) is 9.23. The number of rotatable bonds is 6. The number of aryl methyl sites for hydroxylation is 1. The molecule has 1 N–H and O–H groups in total. The number of nitrogens with one attached hydrogen (secondary N) is 1. The summed E-state index contributed by atoms with van der Waals surface area (Å²) < 4.78 is 13.6. The minimum absolute atomic E-state index is 0.165. The number of hydrogen-bond donors (Lipinski definition) is 1. The van der Waals surface area contributed by atoms with Gasteiger partial charge in [-0.1, -0.05) is 0 Å². The van der Waals surface area contributed by atoms with Crippen LogP contribution in [0.2, 0.25) is 0 Å². The Morgan fingerprint density at radius 2 is 1.83 bits per heavy atom. The molecule has 0 atom stereocenters. The molecule has 3 rings (SSSR count). The maximum atomic E-state index is 12.8. The second-order valence-electron chi connectivity index (χ2n) is 7.03. The van der Waals surface area contributed by atoms with Crippen molar-refractivity contribution in [3.05, 3.63) is 40.2 Å². The van der Waals surface area contributed by atoms with Crippen molar-refractivity contribution < 1.29 is 14.3 Å². The van der Waals surface area contributed by atoms with Crippen molar-refractivity contribution in [2.45, 2.75) is 40.3 Å². The molecule has 154 valence electrons. The van der Waals surface area contributed by atoms with Gasteiger partial charge >= 0.3 is 0 Å². The molecule has 0 fully saturated rings. The van der Waals surface area contributed by atoms with Gasteiger partial charge in [0.15, 0.2) is 11.5 Å². The number of hydrogen-bond acceptors (Lipinski definition) is 6. The monoisotopic (exact) mass is 399 g/mol. The van der Waals surface area contributed by atoms with Crippen LogP contribution in [0.4, 0.5) is 5.69 Å². The van der Waals surface area contributed by atoms with E-state index in [0.29, 0.717) is 28.1 Å². The van der Waals surface area contributed by atoms with E-state index in [1.807, 2.05) is 32.4 Å². The minimum atomic E-state index is -0.336. The number of ether oxygens (including phenoxy) is 2. The Balaban J connectivity index is 1.89. The number of carbonyl (C=O) groups is 1. The summed E-state index contributed by atoms with van der Waals surface area (Å²) in [6.07, 6.45) is 1.35. The number of nitrogens with zero attached hydrogens (tertiary/aromatic N) is 4. The first-order chi connectivity index (χ1) is 13.8. The lowest BCUT2D eigenvalue weighted by Gasteiger charge is -2.11. The van der Waals surface area contributed by atoms with Crippen LogP contribution in [0.1, 0.15) is 31.3 Å². The van der Waals surface area contributed by atoms with Crippen molar-refractivity contribution in [2.75, 3.05) is 19.5 Å². The Morgan fingerprint density at radius 1 is 1.17 bits per heavy atom. The van der Waals surface area contributed by atoms with Crippen LogP contribution >= 0.6 is 0 Å². The van der Waals surface area contributed by atoms with Crippen LogP contribution in [0.25, 0.3) is 10.9 Å². The number of aromatic nitrogens is 4. The van der Waals surface area contributed by atoms with Crippen molar-refractivity contribution in [1.29, 1.82) is 0 Å². The number of anilines is 1. The summed E-state index contributed by atoms with van der Waals surface area (Å²) in [4.78, 5) is 29.7. The average molecular weight is 399 g/mol. The van der Waals surface area contributed by atoms with E-state index in [2.05, 4.69) is 15.4 Å². The van der Waals surface area contributed by atoms with Crippen LogP contribution in [-0.2, 0) is 11.3 Å². The van der Waals surface area contributed by atoms with Gasteiger partial charge in [0.1, 0.15) is 6.54 Å². The quantitative estimate of drug-likeness (QED) is 0.683. The van der Waals surface area contributed by atoms with Gasteiger partial charge in [-0.15, -0.1) is 0 Å². The fraction of sp³-hybridized carbons (Fsp3) is 0.400. The van der Waals surface area contributed by atoms with Gasteiger partial charge in [0.25, 0.3) is 5.56 Å². The van der Waals surface area contributed by atoms with Gasteiger partial charge in [-0.05, 0) is 33.8 Å². The maximum Gasteiger partial charge on any atom is 0.261 e. The molecule has 0 unspecified atom stereocenters. The Hall–Kier alpha value is -3.36. The summed E-state index contributed by atoms with van der Waals surface area (Å²) in [5.74, 6) is 0.576. The van der Waals surface area contributed by atoms with E-state index in [9.17, 15) is 9.59 Å². The van der Waals surface area contributed by atoms with E-state index in [0.717, 1.165) is 11.4 Å². The van der Waals surface area contributed by atoms with Gasteiger partial charge in [-0.3, -0.25) is 18.8 Å². The molecule has 0 spiro atoms. The smallest absolute Gasteiger partial charge is 0.261 e. The fourth-order valence-corrected chi connectivity index (χ4v) is 3.28. The third kappa shape index (κ3) is 3.80. The topological polar surface area (TPSA) is 100 Å². The molecule has 9 nitrogen and oxygen atoms in total. The SMILES string of the molecule is COc1cc2ncn(CC(=O)Nc3c(C)nn(C(C)C)c3C)c(=O)c2cc1OC. The molecule has 2 aromatic heterocycles. The average Bonchev–Trinajstić information content (AvgIpc) is 2.97. The molecule has 0 aliphatic heterocycles. The predicted octanol–water partition coefficient (Wildman–Crippen LogP) is 2.45. The summed E-state index contributed by atoms with van der Waals surface area (Å²) in [5.41, 5.74) is 2.39. The van der Waals surface area contributed by atoms with Crippen LogP contribution < -0.4 is 20.3 Å². The summed E-state index contributed by atoms with van der Waals surface area (Å²) in [7, 11) is 3.01. The third-order valence-corrected chi connectivity index (χ3v) is 4.72. The number of amides is 1. The second kappa shape index (κ2) is 7.94.